The Hall–Kier alpha value is -1.53. The van der Waals surface area contributed by atoms with E-state index in [9.17, 15) is 4.39 Å². The molecule has 0 radical (unpaired) electrons. The van der Waals surface area contributed by atoms with Gasteiger partial charge in [-0.15, -0.1) is 0 Å². The summed E-state index contributed by atoms with van der Waals surface area (Å²) in [7, 11) is 0. The van der Waals surface area contributed by atoms with Crippen LogP contribution in [0.2, 0.25) is 0 Å². The molecule has 1 aromatic carbocycles. The Morgan fingerprint density at radius 1 is 1.22 bits per heavy atom. The van der Waals surface area contributed by atoms with Crippen molar-refractivity contribution in [2.75, 3.05) is 6.54 Å². The fraction of sp³-hybridized carbons (Fsp3) is 0.167. The van der Waals surface area contributed by atoms with Crippen LogP contribution in [0, 0.1) is 5.82 Å². The van der Waals surface area contributed by atoms with Gasteiger partial charge in [0.15, 0.2) is 0 Å². The highest BCUT2D eigenvalue weighted by Gasteiger charge is 2.04. The highest BCUT2D eigenvalue weighted by Crippen LogP contribution is 2.23. The summed E-state index contributed by atoms with van der Waals surface area (Å²) in [4.78, 5) is 8.05. The van der Waals surface area contributed by atoms with Crippen LogP contribution in [-0.4, -0.2) is 16.5 Å². The van der Waals surface area contributed by atoms with Gasteiger partial charge >= 0.3 is 6.01 Å². The highest BCUT2D eigenvalue weighted by molar-refractivity contribution is 9.10. The van der Waals surface area contributed by atoms with Gasteiger partial charge in [0.05, 0.1) is 0 Å². The van der Waals surface area contributed by atoms with Gasteiger partial charge in [-0.2, -0.15) is 0 Å². The summed E-state index contributed by atoms with van der Waals surface area (Å²) >= 11 is 3.18. The average molecular weight is 312 g/mol. The first kappa shape index (κ1) is 12.9. The maximum Gasteiger partial charge on any atom is 0.321 e. The summed E-state index contributed by atoms with van der Waals surface area (Å²) in [6.45, 7) is 0.542. The normalized spacial score (nSPS) is 10.4. The van der Waals surface area contributed by atoms with Crippen LogP contribution < -0.4 is 10.5 Å². The summed E-state index contributed by atoms with van der Waals surface area (Å²) < 4.78 is 19.1. The van der Waals surface area contributed by atoms with Gasteiger partial charge in [0, 0.05) is 22.9 Å². The van der Waals surface area contributed by atoms with E-state index in [0.29, 0.717) is 23.2 Å². The molecule has 0 bridgehead atoms. The van der Waals surface area contributed by atoms with Gasteiger partial charge in [0.1, 0.15) is 11.6 Å². The number of halogens is 2. The molecule has 4 nitrogen and oxygen atoms in total. The SMILES string of the molecule is NCCc1cnc(Oc2cc(F)cc(Br)c2)nc1. The maximum absolute atomic E-state index is 13.1. The van der Waals surface area contributed by atoms with Crippen LogP contribution in [0.3, 0.4) is 0 Å². The summed E-state index contributed by atoms with van der Waals surface area (Å²) in [5, 5.41) is 0. The predicted octanol–water partition coefficient (Wildman–Crippen LogP) is 2.67. The molecule has 0 atom stereocenters. The van der Waals surface area contributed by atoms with Crippen molar-refractivity contribution in [3.8, 4) is 11.8 Å². The fourth-order valence-electron chi connectivity index (χ4n) is 1.38. The molecule has 0 aliphatic carbocycles. The molecule has 0 aliphatic rings. The van der Waals surface area contributed by atoms with Crippen LogP contribution in [0.4, 0.5) is 4.39 Å². The minimum absolute atomic E-state index is 0.174. The summed E-state index contributed by atoms with van der Waals surface area (Å²) in [5.41, 5.74) is 6.36. The minimum atomic E-state index is -0.390. The molecule has 18 heavy (non-hydrogen) atoms. The Morgan fingerprint density at radius 3 is 2.56 bits per heavy atom. The van der Waals surface area contributed by atoms with Crippen molar-refractivity contribution in [1.29, 1.82) is 0 Å². The summed E-state index contributed by atoms with van der Waals surface area (Å²) in [5.74, 6) is -0.0485. The third-order valence-corrected chi connectivity index (χ3v) is 2.62. The number of aromatic nitrogens is 2. The van der Waals surface area contributed by atoms with Gasteiger partial charge in [-0.3, -0.25) is 0 Å². The molecule has 2 rings (SSSR count). The molecule has 0 saturated heterocycles. The minimum Gasteiger partial charge on any atom is -0.424 e. The monoisotopic (exact) mass is 311 g/mol. The third-order valence-electron chi connectivity index (χ3n) is 2.16. The Bertz CT molecular complexity index is 513. The molecule has 94 valence electrons. The first-order chi connectivity index (χ1) is 8.67. The van der Waals surface area contributed by atoms with Crippen molar-refractivity contribution >= 4 is 15.9 Å². The lowest BCUT2D eigenvalue weighted by molar-refractivity contribution is 0.436. The van der Waals surface area contributed by atoms with E-state index in [1.807, 2.05) is 0 Å². The van der Waals surface area contributed by atoms with Gasteiger partial charge < -0.3 is 10.5 Å². The molecule has 0 fully saturated rings. The van der Waals surface area contributed by atoms with E-state index in [1.165, 1.54) is 12.1 Å². The quantitative estimate of drug-likeness (QED) is 0.943. The second kappa shape index (κ2) is 5.88. The lowest BCUT2D eigenvalue weighted by Gasteiger charge is -2.05. The molecule has 2 N–H and O–H groups in total. The van der Waals surface area contributed by atoms with Crippen LogP contribution in [0.25, 0.3) is 0 Å². The Labute approximate surface area is 112 Å². The van der Waals surface area contributed by atoms with E-state index in [1.54, 1.807) is 18.5 Å². The average Bonchev–Trinajstić information content (AvgIpc) is 2.31. The van der Waals surface area contributed by atoms with Crippen LogP contribution in [-0.2, 0) is 6.42 Å². The van der Waals surface area contributed by atoms with E-state index in [2.05, 4.69) is 25.9 Å². The molecule has 0 saturated carbocycles. The standard InChI is InChI=1S/C12H11BrFN3O/c13-9-3-10(14)5-11(4-9)18-12-16-6-8(1-2-15)7-17-12/h3-7H,1-2,15H2. The lowest BCUT2D eigenvalue weighted by atomic mass is 10.2. The smallest absolute Gasteiger partial charge is 0.321 e. The molecule has 1 aromatic heterocycles. The first-order valence-corrected chi connectivity index (χ1v) is 6.11. The van der Waals surface area contributed by atoms with Crippen LogP contribution in [0.5, 0.6) is 11.8 Å². The van der Waals surface area contributed by atoms with Crippen molar-refractivity contribution in [2.45, 2.75) is 6.42 Å². The van der Waals surface area contributed by atoms with Crippen LogP contribution >= 0.6 is 15.9 Å². The lowest BCUT2D eigenvalue weighted by Crippen LogP contribution is -2.03. The zero-order valence-corrected chi connectivity index (χ0v) is 11.0. The van der Waals surface area contributed by atoms with Crippen molar-refractivity contribution < 1.29 is 9.13 Å². The summed E-state index contributed by atoms with van der Waals surface area (Å²) in [6.07, 6.45) is 4.00. The van der Waals surface area contributed by atoms with Gasteiger partial charge in [-0.05, 0) is 30.7 Å². The van der Waals surface area contributed by atoms with Crippen molar-refractivity contribution in [1.82, 2.24) is 9.97 Å². The largest absolute Gasteiger partial charge is 0.424 e. The highest BCUT2D eigenvalue weighted by atomic mass is 79.9. The van der Waals surface area contributed by atoms with E-state index >= 15 is 0 Å². The molecule has 2 aromatic rings. The predicted molar refractivity (Wildman–Crippen MR) is 69.0 cm³/mol. The number of nitrogens with two attached hydrogens (primary N) is 1. The fourth-order valence-corrected chi connectivity index (χ4v) is 1.83. The van der Waals surface area contributed by atoms with E-state index in [0.717, 1.165) is 5.56 Å². The van der Waals surface area contributed by atoms with Crippen molar-refractivity contribution in [2.24, 2.45) is 5.73 Å². The van der Waals surface area contributed by atoms with E-state index < -0.39 is 0 Å². The molecular formula is C12H11BrFN3O. The van der Waals surface area contributed by atoms with Crippen LogP contribution in [0.1, 0.15) is 5.56 Å². The molecule has 0 spiro atoms. The number of hydrogen-bond donors (Lipinski definition) is 1. The second-order valence-corrected chi connectivity index (χ2v) is 4.54. The van der Waals surface area contributed by atoms with Gasteiger partial charge in [0.2, 0.25) is 0 Å². The molecule has 0 unspecified atom stereocenters. The molecule has 6 heteroatoms. The number of nitrogens with zero attached hydrogens (tertiary/aromatic N) is 2. The number of rotatable bonds is 4. The topological polar surface area (TPSA) is 61.0 Å². The van der Waals surface area contributed by atoms with E-state index in [4.69, 9.17) is 10.5 Å². The van der Waals surface area contributed by atoms with Crippen molar-refractivity contribution in [3.05, 3.63) is 46.4 Å². The van der Waals surface area contributed by atoms with Gasteiger partial charge in [-0.1, -0.05) is 15.9 Å². The number of ether oxygens (including phenoxy) is 1. The Kier molecular flexibility index (Phi) is 4.22. The molecule has 1 heterocycles. The first-order valence-electron chi connectivity index (χ1n) is 5.32. The van der Waals surface area contributed by atoms with Crippen molar-refractivity contribution in [3.63, 3.8) is 0 Å². The summed E-state index contributed by atoms with van der Waals surface area (Å²) in [6, 6.07) is 4.42. The van der Waals surface area contributed by atoms with Gasteiger partial charge in [-0.25, -0.2) is 14.4 Å². The van der Waals surface area contributed by atoms with Crippen LogP contribution in [0.15, 0.2) is 35.1 Å². The van der Waals surface area contributed by atoms with Gasteiger partial charge in [0.25, 0.3) is 0 Å². The molecule has 0 amide bonds. The second-order valence-electron chi connectivity index (χ2n) is 3.62. The molecule has 0 aliphatic heterocycles. The third kappa shape index (κ3) is 3.48. The van der Waals surface area contributed by atoms with E-state index in [-0.39, 0.29) is 11.8 Å². The number of benzene rings is 1. The maximum atomic E-state index is 13.1. The Balaban J connectivity index is 2.13. The number of hydrogen-bond acceptors (Lipinski definition) is 4. The molecular weight excluding hydrogens is 301 g/mol. The zero-order chi connectivity index (χ0) is 13.0. The Morgan fingerprint density at radius 2 is 1.94 bits per heavy atom. The zero-order valence-electron chi connectivity index (χ0n) is 9.44.